The molecule has 1 aromatic heterocycles. The van der Waals surface area contributed by atoms with Crippen molar-refractivity contribution in [2.45, 2.75) is 43.8 Å². The van der Waals surface area contributed by atoms with Crippen LogP contribution in [0, 0.1) is 0 Å². The van der Waals surface area contributed by atoms with Crippen molar-refractivity contribution in [1.29, 1.82) is 0 Å². The van der Waals surface area contributed by atoms with Gasteiger partial charge in [-0.15, -0.1) is 0 Å². The second kappa shape index (κ2) is 7.82. The maximum atomic E-state index is 12.6. The number of piperidine rings is 1. The van der Waals surface area contributed by atoms with Gasteiger partial charge >= 0.3 is 0 Å². The van der Waals surface area contributed by atoms with Crippen LogP contribution in [0.3, 0.4) is 0 Å². The molecule has 0 radical (unpaired) electrons. The molecule has 6 heteroatoms. The Morgan fingerprint density at radius 3 is 2.78 bits per heavy atom. The quantitative estimate of drug-likeness (QED) is 0.849. The zero-order chi connectivity index (χ0) is 18.7. The predicted octanol–water partition coefficient (Wildman–Crippen LogP) is 2.17. The molecular formula is C21H28N4O2. The number of likely N-dealkylation sites (tertiary alicyclic amines) is 1. The van der Waals surface area contributed by atoms with E-state index in [2.05, 4.69) is 31.9 Å². The lowest BCUT2D eigenvalue weighted by Crippen LogP contribution is -2.50. The molecule has 2 aliphatic rings. The molecule has 6 nitrogen and oxygen atoms in total. The van der Waals surface area contributed by atoms with Crippen molar-refractivity contribution in [3.05, 3.63) is 54.1 Å². The summed E-state index contributed by atoms with van der Waals surface area (Å²) in [6.45, 7) is 4.35. The molecule has 3 heterocycles. The zero-order valence-electron chi connectivity index (χ0n) is 15.9. The topological polar surface area (TPSA) is 59.4 Å². The normalized spacial score (nSPS) is 22.3. The van der Waals surface area contributed by atoms with Gasteiger partial charge in [-0.25, -0.2) is 4.98 Å². The lowest BCUT2D eigenvalue weighted by atomic mass is 9.82. The van der Waals surface area contributed by atoms with E-state index in [0.717, 1.165) is 56.8 Å². The molecule has 1 amide bonds. The molecule has 1 spiro atoms. The average Bonchev–Trinajstić information content (AvgIpc) is 3.27. The molecule has 2 fully saturated rings. The molecule has 0 bridgehead atoms. The van der Waals surface area contributed by atoms with E-state index in [1.165, 1.54) is 0 Å². The Morgan fingerprint density at radius 1 is 1.26 bits per heavy atom. The van der Waals surface area contributed by atoms with Gasteiger partial charge in [0.05, 0.1) is 19.1 Å². The first kappa shape index (κ1) is 18.2. The Balaban J connectivity index is 1.35. The van der Waals surface area contributed by atoms with Gasteiger partial charge in [-0.1, -0.05) is 30.3 Å². The van der Waals surface area contributed by atoms with Gasteiger partial charge in [-0.2, -0.15) is 0 Å². The van der Waals surface area contributed by atoms with Gasteiger partial charge in [0.2, 0.25) is 5.91 Å². The SMILES string of the molecule is COCCn1ccnc1CN1CCC2(CC1)C[C@H](c1ccccc1)C(=O)N2. The van der Waals surface area contributed by atoms with E-state index in [-0.39, 0.29) is 17.4 Å². The summed E-state index contributed by atoms with van der Waals surface area (Å²) in [4.78, 5) is 19.5. The molecule has 1 aromatic carbocycles. The van der Waals surface area contributed by atoms with Gasteiger partial charge < -0.3 is 14.6 Å². The van der Waals surface area contributed by atoms with Gasteiger partial charge in [0.1, 0.15) is 5.82 Å². The van der Waals surface area contributed by atoms with Gasteiger partial charge in [-0.05, 0) is 24.8 Å². The first-order chi connectivity index (χ1) is 13.2. The van der Waals surface area contributed by atoms with Crippen LogP contribution in [0.5, 0.6) is 0 Å². The van der Waals surface area contributed by atoms with Crippen molar-refractivity contribution in [3.63, 3.8) is 0 Å². The summed E-state index contributed by atoms with van der Waals surface area (Å²) < 4.78 is 7.34. The number of hydrogen-bond acceptors (Lipinski definition) is 4. The number of imidazole rings is 1. The Kier molecular flexibility index (Phi) is 5.27. The summed E-state index contributed by atoms with van der Waals surface area (Å²) in [5, 5.41) is 3.33. The number of carbonyl (C=O) groups excluding carboxylic acids is 1. The number of methoxy groups -OCH3 is 1. The third kappa shape index (κ3) is 3.92. The van der Waals surface area contributed by atoms with Crippen LogP contribution in [0.15, 0.2) is 42.7 Å². The van der Waals surface area contributed by atoms with Crippen LogP contribution in [0.1, 0.15) is 36.6 Å². The lowest BCUT2D eigenvalue weighted by molar-refractivity contribution is -0.121. The second-order valence-corrected chi connectivity index (χ2v) is 7.74. The molecule has 0 aliphatic carbocycles. The molecule has 4 rings (SSSR count). The summed E-state index contributed by atoms with van der Waals surface area (Å²) >= 11 is 0. The third-order valence-electron chi connectivity index (χ3n) is 6.02. The summed E-state index contributed by atoms with van der Waals surface area (Å²) in [5.74, 6) is 1.26. The molecule has 2 saturated heterocycles. The first-order valence-electron chi connectivity index (χ1n) is 9.77. The highest BCUT2D eigenvalue weighted by Crippen LogP contribution is 2.39. The highest BCUT2D eigenvalue weighted by molar-refractivity contribution is 5.87. The second-order valence-electron chi connectivity index (χ2n) is 7.74. The number of nitrogens with zero attached hydrogens (tertiary/aromatic N) is 3. The molecule has 0 unspecified atom stereocenters. The fraction of sp³-hybridized carbons (Fsp3) is 0.524. The molecule has 0 saturated carbocycles. The number of benzene rings is 1. The minimum atomic E-state index is -0.0421. The Labute approximate surface area is 160 Å². The first-order valence-corrected chi connectivity index (χ1v) is 9.77. The molecule has 2 aliphatic heterocycles. The standard InChI is InChI=1S/C21H28N4O2/c1-27-14-13-25-12-9-22-19(25)16-24-10-7-21(8-11-24)15-18(20(26)23-21)17-5-3-2-4-6-17/h2-6,9,12,18H,7-8,10-11,13-16H2,1H3,(H,23,26)/t18-/m1/s1. The van der Waals surface area contributed by atoms with E-state index in [1.54, 1.807) is 7.11 Å². The van der Waals surface area contributed by atoms with Crippen LogP contribution in [0.25, 0.3) is 0 Å². The Hall–Kier alpha value is -2.18. The molecule has 2 aromatic rings. The number of rotatable bonds is 6. The summed E-state index contributed by atoms with van der Waals surface area (Å²) in [6.07, 6.45) is 6.79. The summed E-state index contributed by atoms with van der Waals surface area (Å²) in [6, 6.07) is 10.2. The Bertz CT molecular complexity index is 765. The van der Waals surface area contributed by atoms with Crippen LogP contribution >= 0.6 is 0 Å². The fourth-order valence-corrected chi connectivity index (χ4v) is 4.39. The molecular weight excluding hydrogens is 340 g/mol. The number of hydrogen-bond donors (Lipinski definition) is 1. The molecule has 144 valence electrons. The zero-order valence-corrected chi connectivity index (χ0v) is 15.9. The third-order valence-corrected chi connectivity index (χ3v) is 6.02. The van der Waals surface area contributed by atoms with Gasteiger partial charge in [0, 0.05) is 44.7 Å². The summed E-state index contributed by atoms with van der Waals surface area (Å²) in [7, 11) is 1.72. The maximum Gasteiger partial charge on any atom is 0.228 e. The van der Waals surface area contributed by atoms with E-state index in [0.29, 0.717) is 6.61 Å². The van der Waals surface area contributed by atoms with Gasteiger partial charge in [0.25, 0.3) is 0 Å². The van der Waals surface area contributed by atoms with Crippen molar-refractivity contribution >= 4 is 5.91 Å². The predicted molar refractivity (Wildman–Crippen MR) is 103 cm³/mol. The van der Waals surface area contributed by atoms with E-state index >= 15 is 0 Å². The monoisotopic (exact) mass is 368 g/mol. The molecule has 1 atom stereocenters. The van der Waals surface area contributed by atoms with Crippen molar-refractivity contribution < 1.29 is 9.53 Å². The molecule has 1 N–H and O–H groups in total. The van der Waals surface area contributed by atoms with E-state index in [4.69, 9.17) is 4.74 Å². The van der Waals surface area contributed by atoms with E-state index in [1.807, 2.05) is 30.6 Å². The average molecular weight is 368 g/mol. The lowest BCUT2D eigenvalue weighted by Gasteiger charge is -2.39. The number of aromatic nitrogens is 2. The highest BCUT2D eigenvalue weighted by Gasteiger charge is 2.46. The van der Waals surface area contributed by atoms with Crippen molar-refractivity contribution in [2.24, 2.45) is 0 Å². The Morgan fingerprint density at radius 2 is 2.04 bits per heavy atom. The smallest absolute Gasteiger partial charge is 0.228 e. The van der Waals surface area contributed by atoms with Crippen molar-refractivity contribution in [1.82, 2.24) is 19.8 Å². The number of carbonyl (C=O) groups is 1. The van der Waals surface area contributed by atoms with Crippen LogP contribution in [0.2, 0.25) is 0 Å². The van der Waals surface area contributed by atoms with Crippen molar-refractivity contribution in [2.75, 3.05) is 26.8 Å². The minimum absolute atomic E-state index is 0.00862. The van der Waals surface area contributed by atoms with Crippen LogP contribution in [-0.2, 0) is 22.6 Å². The van der Waals surface area contributed by atoms with Crippen LogP contribution < -0.4 is 5.32 Å². The van der Waals surface area contributed by atoms with Crippen molar-refractivity contribution in [3.8, 4) is 0 Å². The maximum absolute atomic E-state index is 12.6. The van der Waals surface area contributed by atoms with Gasteiger partial charge in [0.15, 0.2) is 0 Å². The largest absolute Gasteiger partial charge is 0.383 e. The van der Waals surface area contributed by atoms with Crippen LogP contribution in [0.4, 0.5) is 0 Å². The number of nitrogens with one attached hydrogen (secondary N) is 1. The number of amides is 1. The summed E-state index contributed by atoms with van der Waals surface area (Å²) in [5.41, 5.74) is 1.09. The van der Waals surface area contributed by atoms with E-state index < -0.39 is 0 Å². The highest BCUT2D eigenvalue weighted by atomic mass is 16.5. The minimum Gasteiger partial charge on any atom is -0.383 e. The fourth-order valence-electron chi connectivity index (χ4n) is 4.39. The molecule has 27 heavy (non-hydrogen) atoms. The van der Waals surface area contributed by atoms with E-state index in [9.17, 15) is 4.79 Å². The number of ether oxygens (including phenoxy) is 1. The van der Waals surface area contributed by atoms with Gasteiger partial charge in [-0.3, -0.25) is 9.69 Å². The van der Waals surface area contributed by atoms with Crippen LogP contribution in [-0.4, -0.2) is 52.7 Å².